The molecule has 0 bridgehead atoms. The highest BCUT2D eigenvalue weighted by Gasteiger charge is 2.34. The Morgan fingerprint density at radius 3 is 2.70 bits per heavy atom. The maximum atomic E-state index is 11.7. The number of urea groups is 1. The van der Waals surface area contributed by atoms with Crippen molar-refractivity contribution in [1.29, 1.82) is 0 Å². The Labute approximate surface area is 119 Å². The van der Waals surface area contributed by atoms with Gasteiger partial charge in [0.25, 0.3) is 0 Å². The van der Waals surface area contributed by atoms with Crippen molar-refractivity contribution in [1.82, 2.24) is 15.5 Å². The summed E-state index contributed by atoms with van der Waals surface area (Å²) in [5.41, 5.74) is 0. The van der Waals surface area contributed by atoms with E-state index < -0.39 is 17.9 Å². The smallest absolute Gasteiger partial charge is 0.315 e. The maximum Gasteiger partial charge on any atom is 0.315 e. The molecule has 2 atom stereocenters. The first kappa shape index (κ1) is 16.7. The molecule has 0 aromatic heterocycles. The van der Waals surface area contributed by atoms with Crippen molar-refractivity contribution in [2.24, 2.45) is 5.92 Å². The zero-order valence-corrected chi connectivity index (χ0v) is 12.4. The van der Waals surface area contributed by atoms with E-state index in [1.807, 2.05) is 7.05 Å². The molecule has 1 rings (SSSR count). The van der Waals surface area contributed by atoms with Crippen LogP contribution in [0.5, 0.6) is 0 Å². The van der Waals surface area contributed by atoms with E-state index in [0.29, 0.717) is 12.6 Å². The number of hydrogen-bond donors (Lipinski definition) is 3. The van der Waals surface area contributed by atoms with Gasteiger partial charge in [-0.05, 0) is 33.9 Å². The van der Waals surface area contributed by atoms with E-state index in [-0.39, 0.29) is 19.2 Å². The van der Waals surface area contributed by atoms with Gasteiger partial charge in [0.05, 0.1) is 19.3 Å². The zero-order valence-electron chi connectivity index (χ0n) is 12.4. The SMILES string of the molecule is CC(C)N(C)CCCNC(=O)NC1COCC1C(=O)O. The fraction of sp³-hybridized carbons (Fsp3) is 0.846. The number of nitrogens with zero attached hydrogens (tertiary/aromatic N) is 1. The van der Waals surface area contributed by atoms with Gasteiger partial charge < -0.3 is 25.4 Å². The third-order valence-electron chi connectivity index (χ3n) is 3.57. The van der Waals surface area contributed by atoms with E-state index in [1.54, 1.807) is 0 Å². The molecular weight excluding hydrogens is 262 g/mol. The van der Waals surface area contributed by atoms with Gasteiger partial charge in [0.2, 0.25) is 0 Å². The third-order valence-corrected chi connectivity index (χ3v) is 3.57. The number of rotatable bonds is 7. The molecule has 0 spiro atoms. The summed E-state index contributed by atoms with van der Waals surface area (Å²) >= 11 is 0. The van der Waals surface area contributed by atoms with Crippen LogP contribution in [0.15, 0.2) is 0 Å². The molecule has 0 aromatic carbocycles. The van der Waals surface area contributed by atoms with E-state index in [4.69, 9.17) is 9.84 Å². The minimum atomic E-state index is -0.939. The van der Waals surface area contributed by atoms with Gasteiger partial charge in [0.1, 0.15) is 5.92 Å². The highest BCUT2D eigenvalue weighted by molar-refractivity contribution is 5.77. The maximum absolute atomic E-state index is 11.7. The summed E-state index contributed by atoms with van der Waals surface area (Å²) in [5.74, 6) is -1.60. The van der Waals surface area contributed by atoms with Crippen LogP contribution in [0.25, 0.3) is 0 Å². The molecule has 0 radical (unpaired) electrons. The van der Waals surface area contributed by atoms with Crippen LogP contribution >= 0.6 is 0 Å². The third kappa shape index (κ3) is 5.34. The highest BCUT2D eigenvalue weighted by Crippen LogP contribution is 2.13. The number of aliphatic carboxylic acids is 1. The Balaban J connectivity index is 2.19. The molecule has 1 aliphatic heterocycles. The number of carboxylic acid groups (broad SMARTS) is 1. The van der Waals surface area contributed by atoms with Crippen molar-refractivity contribution in [2.45, 2.75) is 32.4 Å². The second-order valence-corrected chi connectivity index (χ2v) is 5.42. The van der Waals surface area contributed by atoms with Crippen molar-refractivity contribution < 1.29 is 19.4 Å². The predicted molar refractivity (Wildman–Crippen MR) is 74.7 cm³/mol. The Hall–Kier alpha value is -1.34. The minimum absolute atomic E-state index is 0.152. The molecule has 3 N–H and O–H groups in total. The zero-order chi connectivity index (χ0) is 15.1. The molecular formula is C13H25N3O4. The first-order chi connectivity index (χ1) is 9.41. The van der Waals surface area contributed by atoms with Gasteiger partial charge in [0, 0.05) is 12.6 Å². The number of ether oxygens (including phenoxy) is 1. The fourth-order valence-corrected chi connectivity index (χ4v) is 1.95. The summed E-state index contributed by atoms with van der Waals surface area (Å²) in [6, 6.07) is -0.305. The average Bonchev–Trinajstić information content (AvgIpc) is 2.82. The van der Waals surface area contributed by atoms with Crippen LogP contribution in [0.1, 0.15) is 20.3 Å². The van der Waals surface area contributed by atoms with Gasteiger partial charge in [-0.15, -0.1) is 0 Å². The van der Waals surface area contributed by atoms with E-state index >= 15 is 0 Å². The van der Waals surface area contributed by atoms with Crippen LogP contribution in [-0.4, -0.2) is 67.4 Å². The van der Waals surface area contributed by atoms with Crippen molar-refractivity contribution in [3.63, 3.8) is 0 Å². The van der Waals surface area contributed by atoms with Gasteiger partial charge in [-0.1, -0.05) is 0 Å². The number of carboxylic acids is 1. The summed E-state index contributed by atoms with van der Waals surface area (Å²) in [5, 5.41) is 14.4. The molecule has 1 aliphatic rings. The molecule has 20 heavy (non-hydrogen) atoms. The lowest BCUT2D eigenvalue weighted by Gasteiger charge is -2.21. The number of carbonyl (C=O) groups excluding carboxylic acids is 1. The quantitative estimate of drug-likeness (QED) is 0.578. The lowest BCUT2D eigenvalue weighted by atomic mass is 10.0. The molecule has 0 aliphatic carbocycles. The van der Waals surface area contributed by atoms with Gasteiger partial charge in [0.15, 0.2) is 0 Å². The van der Waals surface area contributed by atoms with Crippen LogP contribution in [0.3, 0.4) is 0 Å². The second kappa shape index (κ2) is 8.06. The largest absolute Gasteiger partial charge is 0.481 e. The first-order valence-corrected chi connectivity index (χ1v) is 6.97. The lowest BCUT2D eigenvalue weighted by molar-refractivity contribution is -0.142. The second-order valence-electron chi connectivity index (χ2n) is 5.42. The standard InChI is InChI=1S/C13H25N3O4/c1-9(2)16(3)6-4-5-14-13(19)15-11-8-20-7-10(11)12(17)18/h9-11H,4-8H2,1-3H3,(H,17,18)(H2,14,15,19). The summed E-state index contributed by atoms with van der Waals surface area (Å²) in [6.07, 6.45) is 0.853. The van der Waals surface area contributed by atoms with E-state index in [0.717, 1.165) is 13.0 Å². The molecule has 7 nitrogen and oxygen atoms in total. The molecule has 1 saturated heterocycles. The van der Waals surface area contributed by atoms with Gasteiger partial charge in [-0.25, -0.2) is 4.79 Å². The van der Waals surface area contributed by atoms with Crippen molar-refractivity contribution >= 4 is 12.0 Å². The molecule has 1 heterocycles. The normalized spacial score (nSPS) is 22.2. The Kier molecular flexibility index (Phi) is 6.74. The monoisotopic (exact) mass is 287 g/mol. The Morgan fingerprint density at radius 1 is 1.40 bits per heavy atom. The van der Waals surface area contributed by atoms with Gasteiger partial charge in [-0.3, -0.25) is 4.79 Å². The van der Waals surface area contributed by atoms with Gasteiger partial charge in [-0.2, -0.15) is 0 Å². The van der Waals surface area contributed by atoms with E-state index in [1.165, 1.54) is 0 Å². The topological polar surface area (TPSA) is 90.9 Å². The van der Waals surface area contributed by atoms with Crippen molar-refractivity contribution in [3.05, 3.63) is 0 Å². The molecule has 2 unspecified atom stereocenters. The molecule has 2 amide bonds. The summed E-state index contributed by atoms with van der Waals surface area (Å²) < 4.78 is 5.09. The highest BCUT2D eigenvalue weighted by atomic mass is 16.5. The molecule has 7 heteroatoms. The van der Waals surface area contributed by atoms with Gasteiger partial charge >= 0.3 is 12.0 Å². The first-order valence-electron chi connectivity index (χ1n) is 6.97. The van der Waals surface area contributed by atoms with Crippen LogP contribution in [0.4, 0.5) is 4.79 Å². The van der Waals surface area contributed by atoms with E-state index in [9.17, 15) is 9.59 Å². The molecule has 1 fully saturated rings. The van der Waals surface area contributed by atoms with Crippen LogP contribution < -0.4 is 10.6 Å². The molecule has 0 saturated carbocycles. The Morgan fingerprint density at radius 2 is 2.10 bits per heavy atom. The molecule has 0 aromatic rings. The summed E-state index contributed by atoms with van der Waals surface area (Å²) in [6.45, 7) is 6.11. The van der Waals surface area contributed by atoms with Crippen molar-refractivity contribution in [2.75, 3.05) is 33.4 Å². The Bertz CT molecular complexity index is 336. The van der Waals surface area contributed by atoms with E-state index in [2.05, 4.69) is 29.4 Å². The van der Waals surface area contributed by atoms with Crippen LogP contribution in [-0.2, 0) is 9.53 Å². The number of amides is 2. The van der Waals surface area contributed by atoms with Crippen LogP contribution in [0, 0.1) is 5.92 Å². The number of carbonyl (C=O) groups is 2. The number of nitrogens with one attached hydrogen (secondary N) is 2. The number of hydrogen-bond acceptors (Lipinski definition) is 4. The van der Waals surface area contributed by atoms with Crippen molar-refractivity contribution in [3.8, 4) is 0 Å². The summed E-state index contributed by atoms with van der Waals surface area (Å²) in [7, 11) is 2.04. The average molecular weight is 287 g/mol. The summed E-state index contributed by atoms with van der Waals surface area (Å²) in [4.78, 5) is 24.8. The van der Waals surface area contributed by atoms with Crippen LogP contribution in [0.2, 0.25) is 0 Å². The molecule has 116 valence electrons. The minimum Gasteiger partial charge on any atom is -0.481 e. The lowest BCUT2D eigenvalue weighted by Crippen LogP contribution is -2.47. The fourth-order valence-electron chi connectivity index (χ4n) is 1.95. The predicted octanol–water partition coefficient (Wildman–Crippen LogP) is 0.116.